The molecule has 0 atom stereocenters. The lowest BCUT2D eigenvalue weighted by Gasteiger charge is -2.20. The second-order valence-corrected chi connectivity index (χ2v) is 6.92. The van der Waals surface area contributed by atoms with Crippen LogP contribution in [0.5, 0.6) is 0 Å². The fourth-order valence-corrected chi connectivity index (χ4v) is 2.20. The number of hydrogen-bond acceptors (Lipinski definition) is 9. The van der Waals surface area contributed by atoms with E-state index in [0.29, 0.717) is 16.4 Å². The van der Waals surface area contributed by atoms with E-state index < -0.39 is 22.3 Å². The van der Waals surface area contributed by atoms with Crippen molar-refractivity contribution in [2.24, 2.45) is 4.99 Å². The van der Waals surface area contributed by atoms with Crippen LogP contribution in [0.3, 0.4) is 0 Å². The third kappa shape index (κ3) is 5.95. The molecule has 1 aromatic carbocycles. The van der Waals surface area contributed by atoms with Gasteiger partial charge in [0, 0.05) is 5.02 Å². The number of thiocarbonyl (C=S) groups is 1. The number of nitrogens with zero attached hydrogens (tertiary/aromatic N) is 4. The number of hydrogen-bond donors (Lipinski definition) is 2. The fraction of sp³-hybridized carbons (Fsp3) is 0.250. The normalized spacial score (nSPS) is 10.6. The standard InChI is InChI=1S/C16H15ClN6O4S/c1-16(2,3)27-15(24)21-10-5-4-9(17)6-11(10)20-14-18-7-12(23(25)26)13(22-14)19-8-28/h4-7H,1-3H3,(H,21,24)(H,18,20,22). The number of ether oxygens (including phenoxy) is 1. The molecule has 28 heavy (non-hydrogen) atoms. The van der Waals surface area contributed by atoms with Gasteiger partial charge in [0.05, 0.1) is 21.5 Å². The molecule has 10 nitrogen and oxygen atoms in total. The third-order valence-electron chi connectivity index (χ3n) is 2.96. The summed E-state index contributed by atoms with van der Waals surface area (Å²) in [7, 11) is 0. The van der Waals surface area contributed by atoms with Crippen molar-refractivity contribution < 1.29 is 14.5 Å². The molecule has 0 saturated heterocycles. The first kappa shape index (κ1) is 21.2. The van der Waals surface area contributed by atoms with Crippen LogP contribution in [0.25, 0.3) is 0 Å². The molecule has 0 fully saturated rings. The summed E-state index contributed by atoms with van der Waals surface area (Å²) in [5.74, 6) is -0.287. The lowest BCUT2D eigenvalue weighted by molar-refractivity contribution is -0.384. The Labute approximate surface area is 170 Å². The zero-order valence-corrected chi connectivity index (χ0v) is 16.6. The quantitative estimate of drug-likeness (QED) is 0.302. The maximum absolute atomic E-state index is 12.0. The summed E-state index contributed by atoms with van der Waals surface area (Å²) in [5.41, 5.74) is -0.440. The molecule has 0 aliphatic rings. The van der Waals surface area contributed by atoms with Crippen LogP contribution in [0, 0.1) is 10.1 Å². The van der Waals surface area contributed by atoms with Crippen LogP contribution in [0.1, 0.15) is 20.8 Å². The van der Waals surface area contributed by atoms with Gasteiger partial charge in [-0.1, -0.05) is 11.6 Å². The SMILES string of the molecule is CC(C)(C)OC(=O)Nc1ccc(Cl)cc1Nc1ncc([N+](=O)[O-])c(N=C=S)n1. The Morgan fingerprint density at radius 3 is 2.71 bits per heavy atom. The first-order valence-electron chi connectivity index (χ1n) is 7.75. The largest absolute Gasteiger partial charge is 0.444 e. The number of nitrogens with one attached hydrogen (secondary N) is 2. The molecule has 0 saturated carbocycles. The number of amides is 1. The van der Waals surface area contributed by atoms with Crippen molar-refractivity contribution in [1.82, 2.24) is 9.97 Å². The van der Waals surface area contributed by atoms with Crippen LogP contribution in [0.2, 0.25) is 5.02 Å². The summed E-state index contributed by atoms with van der Waals surface area (Å²) in [6.07, 6.45) is 0.306. The molecule has 12 heteroatoms. The number of halogens is 1. The molecule has 0 aliphatic heterocycles. The minimum Gasteiger partial charge on any atom is -0.444 e. The average Bonchev–Trinajstić information content (AvgIpc) is 2.56. The number of anilines is 3. The van der Waals surface area contributed by atoms with Gasteiger partial charge in [-0.2, -0.15) is 9.98 Å². The number of isothiocyanates is 1. The third-order valence-corrected chi connectivity index (χ3v) is 3.29. The average molecular weight is 423 g/mol. The van der Waals surface area contributed by atoms with Crippen molar-refractivity contribution in [3.63, 3.8) is 0 Å². The fourth-order valence-electron chi connectivity index (χ4n) is 1.94. The van der Waals surface area contributed by atoms with Crippen molar-refractivity contribution >= 4 is 63.9 Å². The molecule has 0 spiro atoms. The number of carbonyl (C=O) groups excluding carboxylic acids is 1. The van der Waals surface area contributed by atoms with Gasteiger partial charge < -0.3 is 10.1 Å². The Bertz CT molecular complexity index is 972. The van der Waals surface area contributed by atoms with Gasteiger partial charge >= 0.3 is 11.8 Å². The summed E-state index contributed by atoms with van der Waals surface area (Å²) in [5, 5.41) is 18.8. The maximum atomic E-state index is 12.0. The van der Waals surface area contributed by atoms with Gasteiger partial charge in [0.15, 0.2) is 0 Å². The van der Waals surface area contributed by atoms with Crippen molar-refractivity contribution in [2.45, 2.75) is 26.4 Å². The van der Waals surface area contributed by atoms with Crippen LogP contribution in [0.4, 0.5) is 33.6 Å². The molecule has 1 heterocycles. The Balaban J connectivity index is 2.34. The topological polar surface area (TPSA) is 132 Å². The van der Waals surface area contributed by atoms with Crippen molar-refractivity contribution in [1.29, 1.82) is 0 Å². The van der Waals surface area contributed by atoms with Crippen LogP contribution in [-0.2, 0) is 4.74 Å². The lowest BCUT2D eigenvalue weighted by Crippen LogP contribution is -2.27. The first-order chi connectivity index (χ1) is 13.1. The van der Waals surface area contributed by atoms with Crippen LogP contribution in [-0.4, -0.2) is 31.7 Å². The Hall–Kier alpha value is -3.14. The van der Waals surface area contributed by atoms with E-state index in [9.17, 15) is 14.9 Å². The van der Waals surface area contributed by atoms with Gasteiger partial charge in [-0.05, 0) is 51.2 Å². The van der Waals surface area contributed by atoms with Crippen LogP contribution in [0.15, 0.2) is 29.4 Å². The number of aliphatic imine (C=N–C) groups is 1. The van der Waals surface area contributed by atoms with Gasteiger partial charge in [0.2, 0.25) is 11.8 Å². The summed E-state index contributed by atoms with van der Waals surface area (Å²) >= 11 is 10.5. The molecule has 146 valence electrons. The summed E-state index contributed by atoms with van der Waals surface area (Å²) in [6, 6.07) is 4.63. The van der Waals surface area contributed by atoms with Crippen molar-refractivity contribution in [3.05, 3.63) is 39.5 Å². The van der Waals surface area contributed by atoms with Gasteiger partial charge in [0.1, 0.15) is 11.8 Å². The van der Waals surface area contributed by atoms with E-state index in [4.69, 9.17) is 16.3 Å². The second kappa shape index (κ2) is 8.70. The Morgan fingerprint density at radius 2 is 2.11 bits per heavy atom. The predicted octanol–water partition coefficient (Wildman–Crippen LogP) is 4.86. The summed E-state index contributed by atoms with van der Waals surface area (Å²) in [4.78, 5) is 33.7. The minimum absolute atomic E-state index is 0.0240. The number of rotatable bonds is 5. The molecule has 1 aromatic heterocycles. The van der Waals surface area contributed by atoms with Crippen LogP contribution < -0.4 is 10.6 Å². The number of carbonyl (C=O) groups is 1. The van der Waals surface area contributed by atoms with E-state index in [1.165, 1.54) is 6.07 Å². The van der Waals surface area contributed by atoms with E-state index in [1.807, 2.05) is 5.16 Å². The van der Waals surface area contributed by atoms with Gasteiger partial charge in [-0.3, -0.25) is 15.4 Å². The highest BCUT2D eigenvalue weighted by molar-refractivity contribution is 7.78. The monoisotopic (exact) mass is 422 g/mol. The van der Waals surface area contributed by atoms with E-state index in [1.54, 1.807) is 32.9 Å². The second-order valence-electron chi connectivity index (χ2n) is 6.30. The molecule has 2 aromatic rings. The highest BCUT2D eigenvalue weighted by Crippen LogP contribution is 2.30. The molecular formula is C16H15ClN6O4S. The highest BCUT2D eigenvalue weighted by Gasteiger charge is 2.19. The first-order valence-corrected chi connectivity index (χ1v) is 8.53. The molecule has 0 unspecified atom stereocenters. The van der Waals surface area contributed by atoms with Crippen molar-refractivity contribution in [2.75, 3.05) is 10.6 Å². The minimum atomic E-state index is -0.690. The Kier molecular flexibility index (Phi) is 6.57. The summed E-state index contributed by atoms with van der Waals surface area (Å²) in [6.45, 7) is 5.20. The maximum Gasteiger partial charge on any atom is 0.412 e. The number of aromatic nitrogens is 2. The van der Waals surface area contributed by atoms with E-state index >= 15 is 0 Å². The molecule has 0 bridgehead atoms. The van der Waals surface area contributed by atoms with Crippen molar-refractivity contribution in [3.8, 4) is 0 Å². The van der Waals surface area contributed by atoms with Gasteiger partial charge in [-0.15, -0.1) is 0 Å². The molecule has 0 aliphatic carbocycles. The van der Waals surface area contributed by atoms with E-state index in [0.717, 1.165) is 6.20 Å². The Morgan fingerprint density at radius 1 is 1.39 bits per heavy atom. The zero-order valence-electron chi connectivity index (χ0n) is 15.0. The smallest absolute Gasteiger partial charge is 0.412 e. The lowest BCUT2D eigenvalue weighted by atomic mass is 10.2. The number of nitro groups is 1. The number of benzene rings is 1. The van der Waals surface area contributed by atoms with Gasteiger partial charge in [0.25, 0.3) is 0 Å². The van der Waals surface area contributed by atoms with Crippen LogP contribution >= 0.6 is 23.8 Å². The predicted molar refractivity (Wildman–Crippen MR) is 108 cm³/mol. The molecule has 2 rings (SSSR count). The molecular weight excluding hydrogens is 408 g/mol. The highest BCUT2D eigenvalue weighted by atomic mass is 35.5. The van der Waals surface area contributed by atoms with Gasteiger partial charge in [-0.25, -0.2) is 9.78 Å². The van der Waals surface area contributed by atoms with E-state index in [2.05, 4.69) is 37.8 Å². The molecule has 0 radical (unpaired) electrons. The van der Waals surface area contributed by atoms with E-state index in [-0.39, 0.29) is 11.8 Å². The zero-order chi connectivity index (χ0) is 20.9. The molecule has 2 N–H and O–H groups in total. The molecule has 1 amide bonds. The summed E-state index contributed by atoms with van der Waals surface area (Å²) < 4.78 is 5.22.